The molecule has 31 heavy (non-hydrogen) atoms. The topological polar surface area (TPSA) is 70.6 Å². The first kappa shape index (κ1) is 22.2. The number of aromatic nitrogens is 2. The van der Waals surface area contributed by atoms with Crippen LogP contribution in [-0.4, -0.2) is 64.9 Å². The van der Waals surface area contributed by atoms with Crippen LogP contribution >= 0.6 is 11.3 Å². The lowest BCUT2D eigenvalue weighted by atomic mass is 10.1. The molecule has 8 heteroatoms. The highest BCUT2D eigenvalue weighted by Gasteiger charge is 2.25. The van der Waals surface area contributed by atoms with Crippen LogP contribution in [0.15, 0.2) is 30.3 Å². The lowest BCUT2D eigenvalue weighted by molar-refractivity contribution is 0.0277. The monoisotopic (exact) mass is 443 g/mol. The van der Waals surface area contributed by atoms with E-state index in [0.717, 1.165) is 55.8 Å². The van der Waals surface area contributed by atoms with Crippen molar-refractivity contribution >= 4 is 22.5 Å². The Balaban J connectivity index is 1.40. The fourth-order valence-corrected chi connectivity index (χ4v) is 5.32. The molecule has 1 unspecified atom stereocenters. The lowest BCUT2D eigenvalue weighted by Crippen LogP contribution is -2.49. The molecule has 2 amide bonds. The molecule has 2 aliphatic rings. The summed E-state index contributed by atoms with van der Waals surface area (Å²) in [5.41, 5.74) is 1.12. The summed E-state index contributed by atoms with van der Waals surface area (Å²) in [7, 11) is 0. The number of nitrogens with one attached hydrogen (secondary N) is 1. The molecule has 4 rings (SSSR count). The van der Waals surface area contributed by atoms with Gasteiger partial charge in [-0.25, -0.2) is 4.79 Å². The Hall–Kier alpha value is -2.03. The summed E-state index contributed by atoms with van der Waals surface area (Å²) in [5, 5.41) is 13.2. The second kappa shape index (κ2) is 11.0. The molecule has 2 aromatic rings. The summed E-state index contributed by atoms with van der Waals surface area (Å²) >= 11 is 1.51. The summed E-state index contributed by atoms with van der Waals surface area (Å²) < 4.78 is 5.47. The average molecular weight is 444 g/mol. The summed E-state index contributed by atoms with van der Waals surface area (Å²) in [4.78, 5) is 17.5. The summed E-state index contributed by atoms with van der Waals surface area (Å²) in [6.45, 7) is 6.83. The zero-order valence-electron chi connectivity index (χ0n) is 18.3. The largest absolute Gasteiger partial charge is 0.379 e. The van der Waals surface area contributed by atoms with Crippen LogP contribution in [0, 0.1) is 5.92 Å². The van der Waals surface area contributed by atoms with Crippen molar-refractivity contribution in [2.24, 2.45) is 5.92 Å². The second-order valence-corrected chi connectivity index (χ2v) is 9.72. The Morgan fingerprint density at radius 2 is 1.97 bits per heavy atom. The van der Waals surface area contributed by atoms with Crippen molar-refractivity contribution < 1.29 is 9.53 Å². The van der Waals surface area contributed by atoms with Gasteiger partial charge < -0.3 is 9.64 Å². The van der Waals surface area contributed by atoms with Gasteiger partial charge in [-0.15, -0.1) is 10.2 Å². The van der Waals surface area contributed by atoms with Crippen molar-refractivity contribution in [3.63, 3.8) is 0 Å². The molecule has 0 spiro atoms. The zero-order chi connectivity index (χ0) is 21.5. The highest BCUT2D eigenvalue weighted by atomic mass is 32.1. The number of amides is 2. The van der Waals surface area contributed by atoms with Gasteiger partial charge in [0.05, 0.1) is 13.2 Å². The highest BCUT2D eigenvalue weighted by Crippen LogP contribution is 2.29. The van der Waals surface area contributed by atoms with E-state index in [1.54, 1.807) is 0 Å². The molecule has 1 aromatic heterocycles. The highest BCUT2D eigenvalue weighted by molar-refractivity contribution is 7.15. The van der Waals surface area contributed by atoms with Crippen molar-refractivity contribution in [3.05, 3.63) is 40.9 Å². The van der Waals surface area contributed by atoms with Gasteiger partial charge in [0.2, 0.25) is 5.13 Å². The number of anilines is 1. The molecule has 1 aliphatic carbocycles. The Labute approximate surface area is 188 Å². The number of morpholine rings is 1. The third kappa shape index (κ3) is 6.48. The first-order valence-corrected chi connectivity index (χ1v) is 12.2. The maximum atomic E-state index is 13.3. The number of hydrogen-bond acceptors (Lipinski definition) is 6. The van der Waals surface area contributed by atoms with Gasteiger partial charge in [0.15, 0.2) is 0 Å². The smallest absolute Gasteiger partial charge is 0.324 e. The molecule has 1 saturated heterocycles. The van der Waals surface area contributed by atoms with Crippen LogP contribution in [0.25, 0.3) is 0 Å². The second-order valence-electron chi connectivity index (χ2n) is 8.66. The van der Waals surface area contributed by atoms with Crippen LogP contribution in [0.4, 0.5) is 9.93 Å². The summed E-state index contributed by atoms with van der Waals surface area (Å²) in [6, 6.07) is 10.1. The maximum absolute atomic E-state index is 13.3. The predicted octanol–water partition coefficient (Wildman–Crippen LogP) is 4.03. The third-order valence-electron chi connectivity index (χ3n) is 6.23. The van der Waals surface area contributed by atoms with Crippen LogP contribution in [0.5, 0.6) is 0 Å². The van der Waals surface area contributed by atoms with E-state index in [0.29, 0.717) is 11.7 Å². The average Bonchev–Trinajstić information content (AvgIpc) is 3.46. The van der Waals surface area contributed by atoms with E-state index in [9.17, 15) is 4.79 Å². The Bertz CT molecular complexity index is 818. The van der Waals surface area contributed by atoms with Gasteiger partial charge in [-0.3, -0.25) is 10.2 Å². The van der Waals surface area contributed by atoms with E-state index in [1.807, 2.05) is 23.1 Å². The van der Waals surface area contributed by atoms with Crippen molar-refractivity contribution in [2.45, 2.75) is 51.6 Å². The van der Waals surface area contributed by atoms with Gasteiger partial charge in [-0.05, 0) is 18.4 Å². The summed E-state index contributed by atoms with van der Waals surface area (Å²) in [6.07, 6.45) is 6.19. The fourth-order valence-electron chi connectivity index (χ4n) is 4.48. The van der Waals surface area contributed by atoms with E-state index in [2.05, 4.69) is 39.5 Å². The maximum Gasteiger partial charge on any atom is 0.324 e. The van der Waals surface area contributed by atoms with Gasteiger partial charge in [0.1, 0.15) is 5.01 Å². The van der Waals surface area contributed by atoms with E-state index >= 15 is 0 Å². The van der Waals surface area contributed by atoms with Crippen LogP contribution in [0.3, 0.4) is 0 Å². The van der Waals surface area contributed by atoms with Gasteiger partial charge in [0, 0.05) is 38.6 Å². The molecular formula is C23H33N5O2S. The van der Waals surface area contributed by atoms with Crippen LogP contribution in [-0.2, 0) is 17.7 Å². The third-order valence-corrected chi connectivity index (χ3v) is 7.09. The SMILES string of the molecule is CC(CN1CCOCC1)N(Cc1ccccc1)C(=O)Nc1nnc(CC2CCCC2)s1. The molecule has 2 fully saturated rings. The number of ether oxygens (including phenoxy) is 1. The molecule has 7 nitrogen and oxygen atoms in total. The van der Waals surface area contributed by atoms with Crippen molar-refractivity contribution in [3.8, 4) is 0 Å². The van der Waals surface area contributed by atoms with Crippen molar-refractivity contribution in [1.29, 1.82) is 0 Å². The fraction of sp³-hybridized carbons (Fsp3) is 0.609. The molecule has 1 atom stereocenters. The standard InChI is InChI=1S/C23H33N5O2S/c1-18(16-27-11-13-30-14-12-27)28(17-20-9-3-2-4-10-20)23(29)24-22-26-25-21(31-22)15-19-7-5-6-8-19/h2-4,9-10,18-19H,5-8,11-17H2,1H3,(H,24,26,29). The Morgan fingerprint density at radius 3 is 2.71 bits per heavy atom. The number of urea groups is 1. The van der Waals surface area contributed by atoms with Gasteiger partial charge in [-0.2, -0.15) is 0 Å². The number of nitrogens with zero attached hydrogens (tertiary/aromatic N) is 4. The molecule has 1 N–H and O–H groups in total. The van der Waals surface area contributed by atoms with E-state index in [-0.39, 0.29) is 12.1 Å². The first-order valence-electron chi connectivity index (χ1n) is 11.4. The van der Waals surface area contributed by atoms with Gasteiger partial charge in [0.25, 0.3) is 0 Å². The number of hydrogen-bond donors (Lipinski definition) is 1. The summed E-state index contributed by atoms with van der Waals surface area (Å²) in [5.74, 6) is 0.722. The molecular weight excluding hydrogens is 410 g/mol. The molecule has 1 aliphatic heterocycles. The molecule has 1 aromatic carbocycles. The van der Waals surface area contributed by atoms with Gasteiger partial charge >= 0.3 is 6.03 Å². The minimum Gasteiger partial charge on any atom is -0.379 e. The van der Waals surface area contributed by atoms with Crippen LogP contribution < -0.4 is 5.32 Å². The van der Waals surface area contributed by atoms with Crippen LogP contribution in [0.1, 0.15) is 43.2 Å². The molecule has 2 heterocycles. The Kier molecular flexibility index (Phi) is 7.88. The van der Waals surface area contributed by atoms with Crippen LogP contribution in [0.2, 0.25) is 0 Å². The number of benzene rings is 1. The first-order chi connectivity index (χ1) is 15.2. The lowest BCUT2D eigenvalue weighted by Gasteiger charge is -2.35. The van der Waals surface area contributed by atoms with E-state index in [1.165, 1.54) is 37.0 Å². The quantitative estimate of drug-likeness (QED) is 0.667. The van der Waals surface area contributed by atoms with E-state index in [4.69, 9.17) is 4.74 Å². The van der Waals surface area contributed by atoms with E-state index < -0.39 is 0 Å². The number of carbonyl (C=O) groups is 1. The molecule has 1 saturated carbocycles. The minimum absolute atomic E-state index is 0.0594. The number of rotatable bonds is 8. The van der Waals surface area contributed by atoms with Crippen molar-refractivity contribution in [1.82, 2.24) is 20.0 Å². The molecule has 0 bridgehead atoms. The molecule has 0 radical (unpaired) electrons. The number of carbonyl (C=O) groups excluding carboxylic acids is 1. The van der Waals surface area contributed by atoms with Gasteiger partial charge in [-0.1, -0.05) is 67.4 Å². The molecule has 168 valence electrons. The Morgan fingerprint density at radius 1 is 1.23 bits per heavy atom. The normalized spacial score (nSPS) is 18.7. The predicted molar refractivity (Wildman–Crippen MR) is 123 cm³/mol. The minimum atomic E-state index is -0.117. The zero-order valence-corrected chi connectivity index (χ0v) is 19.1. The van der Waals surface area contributed by atoms with Crippen molar-refractivity contribution in [2.75, 3.05) is 38.2 Å².